The molecule has 1 aromatic heterocycles. The molecule has 1 unspecified atom stereocenters. The van der Waals surface area contributed by atoms with E-state index in [0.717, 1.165) is 38.5 Å². The lowest BCUT2D eigenvalue weighted by molar-refractivity contribution is 0.0189. The monoisotopic (exact) mass is 492 g/mol. The van der Waals surface area contributed by atoms with E-state index >= 15 is 0 Å². The first-order chi connectivity index (χ1) is 12.8. The van der Waals surface area contributed by atoms with Crippen molar-refractivity contribution in [3.05, 3.63) is 24.2 Å². The van der Waals surface area contributed by atoms with Crippen LogP contribution < -0.4 is 5.32 Å². The number of aliphatic imine (C=N–C) groups is 1. The largest absolute Gasteiger partial charge is 0.459 e. The van der Waals surface area contributed by atoms with Crippen LogP contribution in [0.15, 0.2) is 27.8 Å². The molecule has 152 valence electrons. The van der Waals surface area contributed by atoms with Crippen LogP contribution in [0.5, 0.6) is 0 Å². The van der Waals surface area contributed by atoms with E-state index in [-0.39, 0.29) is 36.0 Å². The van der Waals surface area contributed by atoms with E-state index in [1.54, 1.807) is 19.2 Å². The van der Waals surface area contributed by atoms with Gasteiger partial charge in [-0.05, 0) is 25.0 Å². The second kappa shape index (κ2) is 11.5. The Morgan fingerprint density at radius 1 is 1.33 bits per heavy atom. The molecule has 1 aromatic rings. The molecule has 0 radical (unpaired) electrons. The number of hydrogen-bond donors (Lipinski definition) is 1. The first kappa shape index (κ1) is 22.0. The minimum absolute atomic E-state index is 0. The number of rotatable bonds is 6. The van der Waals surface area contributed by atoms with Gasteiger partial charge < -0.3 is 29.0 Å². The molecule has 2 aliphatic heterocycles. The van der Waals surface area contributed by atoms with Gasteiger partial charge in [0.05, 0.1) is 25.6 Å². The molecule has 2 saturated heterocycles. The van der Waals surface area contributed by atoms with Gasteiger partial charge in [-0.15, -0.1) is 24.0 Å². The molecule has 1 atom stereocenters. The molecular formula is C18H29IN4O4. The summed E-state index contributed by atoms with van der Waals surface area (Å²) in [4.78, 5) is 20.6. The fraction of sp³-hybridized carbons (Fsp3) is 0.667. The number of carbonyl (C=O) groups excluding carboxylic acids is 1. The number of guanidine groups is 1. The van der Waals surface area contributed by atoms with E-state index in [0.29, 0.717) is 38.6 Å². The Kier molecular flexibility index (Phi) is 9.35. The van der Waals surface area contributed by atoms with Crippen molar-refractivity contribution in [2.75, 3.05) is 59.6 Å². The minimum atomic E-state index is -0.0554. The molecule has 0 aromatic carbocycles. The lowest BCUT2D eigenvalue weighted by atomic mass is 10.2. The Hall–Kier alpha value is -1.33. The van der Waals surface area contributed by atoms with Crippen LogP contribution in [0.3, 0.4) is 0 Å². The minimum Gasteiger partial charge on any atom is -0.459 e. The number of nitrogens with zero attached hydrogens (tertiary/aromatic N) is 3. The highest BCUT2D eigenvalue weighted by molar-refractivity contribution is 14.0. The zero-order chi connectivity index (χ0) is 18.2. The van der Waals surface area contributed by atoms with E-state index in [9.17, 15) is 4.79 Å². The zero-order valence-electron chi connectivity index (χ0n) is 15.8. The van der Waals surface area contributed by atoms with Crippen molar-refractivity contribution in [3.63, 3.8) is 0 Å². The van der Waals surface area contributed by atoms with E-state index in [1.165, 1.54) is 6.26 Å². The predicted molar refractivity (Wildman–Crippen MR) is 113 cm³/mol. The number of hydrogen-bond acceptors (Lipinski definition) is 5. The maximum absolute atomic E-state index is 12.3. The lowest BCUT2D eigenvalue weighted by Gasteiger charge is -2.36. The summed E-state index contributed by atoms with van der Waals surface area (Å²) >= 11 is 0. The molecule has 1 amide bonds. The summed E-state index contributed by atoms with van der Waals surface area (Å²) in [6, 6.07) is 3.43. The fourth-order valence-electron chi connectivity index (χ4n) is 3.24. The van der Waals surface area contributed by atoms with Crippen LogP contribution in [-0.2, 0) is 9.47 Å². The molecule has 0 aliphatic carbocycles. The van der Waals surface area contributed by atoms with Crippen LogP contribution in [0, 0.1) is 0 Å². The molecule has 27 heavy (non-hydrogen) atoms. The van der Waals surface area contributed by atoms with Crippen LogP contribution in [0.2, 0.25) is 0 Å². The maximum Gasteiger partial charge on any atom is 0.289 e. The molecule has 2 fully saturated rings. The molecule has 2 aliphatic rings. The third-order valence-electron chi connectivity index (χ3n) is 4.67. The Balaban J connectivity index is 0.00000261. The third kappa shape index (κ3) is 6.35. The third-order valence-corrected chi connectivity index (χ3v) is 4.67. The van der Waals surface area contributed by atoms with Gasteiger partial charge in [0.1, 0.15) is 0 Å². The highest BCUT2D eigenvalue weighted by atomic mass is 127. The van der Waals surface area contributed by atoms with Gasteiger partial charge in [0, 0.05) is 46.4 Å². The summed E-state index contributed by atoms with van der Waals surface area (Å²) < 4.78 is 16.4. The molecule has 3 rings (SSSR count). The van der Waals surface area contributed by atoms with Gasteiger partial charge in [-0.25, -0.2) is 0 Å². The molecule has 0 spiro atoms. The Morgan fingerprint density at radius 2 is 2.11 bits per heavy atom. The standard InChI is InChI=1S/C18H28N4O4.HI/c1-19-18(20-6-13-24-14-15-4-2-11-25-15)22-9-7-21(8-10-22)17(23)16-5-3-12-26-16;/h3,5,12,15H,2,4,6-11,13-14H2,1H3,(H,19,20);1H. The highest BCUT2D eigenvalue weighted by Gasteiger charge is 2.25. The quantitative estimate of drug-likeness (QED) is 0.280. The van der Waals surface area contributed by atoms with Crippen LogP contribution in [-0.4, -0.2) is 87.4 Å². The molecule has 1 N–H and O–H groups in total. The topological polar surface area (TPSA) is 79.5 Å². The second-order valence-corrected chi connectivity index (χ2v) is 6.44. The van der Waals surface area contributed by atoms with Crippen LogP contribution in [0.25, 0.3) is 0 Å². The van der Waals surface area contributed by atoms with Gasteiger partial charge in [0.25, 0.3) is 5.91 Å². The summed E-state index contributed by atoms with van der Waals surface area (Å²) in [5.74, 6) is 1.18. The van der Waals surface area contributed by atoms with Crippen molar-refractivity contribution in [1.29, 1.82) is 0 Å². The molecule has 8 nitrogen and oxygen atoms in total. The summed E-state index contributed by atoms with van der Waals surface area (Å²) in [6.45, 7) is 5.61. The Bertz CT molecular complexity index is 582. The van der Waals surface area contributed by atoms with Crippen molar-refractivity contribution in [1.82, 2.24) is 15.1 Å². The van der Waals surface area contributed by atoms with Gasteiger partial charge in [0.2, 0.25) is 0 Å². The summed E-state index contributed by atoms with van der Waals surface area (Å²) in [5, 5.41) is 3.32. The number of amides is 1. The SMILES string of the molecule is CN=C(NCCOCC1CCCO1)N1CCN(C(=O)c2ccco2)CC1.I. The molecule has 0 saturated carbocycles. The smallest absolute Gasteiger partial charge is 0.289 e. The number of ether oxygens (including phenoxy) is 2. The van der Waals surface area contributed by atoms with Gasteiger partial charge in [-0.2, -0.15) is 0 Å². The second-order valence-electron chi connectivity index (χ2n) is 6.44. The van der Waals surface area contributed by atoms with Crippen molar-refractivity contribution < 1.29 is 18.7 Å². The Labute approximate surface area is 177 Å². The van der Waals surface area contributed by atoms with Crippen molar-refractivity contribution in [2.24, 2.45) is 4.99 Å². The van der Waals surface area contributed by atoms with Gasteiger partial charge in [-0.3, -0.25) is 9.79 Å². The maximum atomic E-state index is 12.3. The summed E-state index contributed by atoms with van der Waals surface area (Å²) in [6.07, 6.45) is 4.01. The van der Waals surface area contributed by atoms with Crippen molar-refractivity contribution >= 4 is 35.8 Å². The molecule has 0 bridgehead atoms. The lowest BCUT2D eigenvalue weighted by Crippen LogP contribution is -2.54. The summed E-state index contributed by atoms with van der Waals surface area (Å²) in [7, 11) is 1.77. The van der Waals surface area contributed by atoms with Crippen LogP contribution in [0.4, 0.5) is 0 Å². The number of nitrogens with one attached hydrogen (secondary N) is 1. The van der Waals surface area contributed by atoms with E-state index in [2.05, 4.69) is 15.2 Å². The van der Waals surface area contributed by atoms with Gasteiger partial charge >= 0.3 is 0 Å². The average molecular weight is 492 g/mol. The molecular weight excluding hydrogens is 463 g/mol. The predicted octanol–water partition coefficient (Wildman–Crippen LogP) is 1.43. The summed E-state index contributed by atoms with van der Waals surface area (Å²) in [5.41, 5.74) is 0. The molecule has 9 heteroatoms. The van der Waals surface area contributed by atoms with Crippen LogP contribution in [0.1, 0.15) is 23.4 Å². The van der Waals surface area contributed by atoms with Crippen molar-refractivity contribution in [3.8, 4) is 0 Å². The number of halogens is 1. The van der Waals surface area contributed by atoms with Gasteiger partial charge in [-0.1, -0.05) is 0 Å². The number of piperazine rings is 1. The Morgan fingerprint density at radius 3 is 2.74 bits per heavy atom. The normalized spacial score (nSPS) is 20.5. The zero-order valence-corrected chi connectivity index (χ0v) is 18.1. The van der Waals surface area contributed by atoms with E-state index < -0.39 is 0 Å². The first-order valence-electron chi connectivity index (χ1n) is 9.25. The molecule has 3 heterocycles. The van der Waals surface area contributed by atoms with Crippen molar-refractivity contribution in [2.45, 2.75) is 18.9 Å². The van der Waals surface area contributed by atoms with E-state index in [1.807, 2.05) is 4.90 Å². The van der Waals surface area contributed by atoms with E-state index in [4.69, 9.17) is 13.9 Å². The fourth-order valence-corrected chi connectivity index (χ4v) is 3.24. The van der Waals surface area contributed by atoms with Gasteiger partial charge in [0.15, 0.2) is 11.7 Å². The number of furan rings is 1. The first-order valence-corrected chi connectivity index (χ1v) is 9.25. The van der Waals surface area contributed by atoms with Crippen LogP contribution >= 0.6 is 24.0 Å². The average Bonchev–Trinajstić information content (AvgIpc) is 3.38. The highest BCUT2D eigenvalue weighted by Crippen LogP contribution is 2.12. The number of carbonyl (C=O) groups is 1.